The number of nitrogens with zero attached hydrogens (tertiary/aromatic N) is 3. The van der Waals surface area contributed by atoms with Gasteiger partial charge in [-0.3, -0.25) is 4.68 Å². The van der Waals surface area contributed by atoms with Gasteiger partial charge in [0.1, 0.15) is 4.90 Å². The third kappa shape index (κ3) is 4.29. The lowest BCUT2D eigenvalue weighted by atomic mass is 10.1. The van der Waals surface area contributed by atoms with Crippen molar-refractivity contribution in [2.24, 2.45) is 0 Å². The van der Waals surface area contributed by atoms with Crippen LogP contribution in [-0.2, 0) is 16.4 Å². The number of rotatable bonds is 5. The highest BCUT2D eigenvalue weighted by Crippen LogP contribution is 2.10. The summed E-state index contributed by atoms with van der Waals surface area (Å²) in [5, 5.41) is 14.0. The third-order valence-electron chi connectivity index (χ3n) is 3.35. The maximum absolute atomic E-state index is 11.3. The summed E-state index contributed by atoms with van der Waals surface area (Å²) in [7, 11) is -3.22. The highest BCUT2D eigenvalue weighted by Gasteiger charge is 2.16. The molecule has 6 nitrogen and oxygen atoms in total. The Hall–Kier alpha value is -0.920. The Morgan fingerprint density at radius 1 is 1.32 bits per heavy atom. The van der Waals surface area contributed by atoms with Gasteiger partial charge < -0.3 is 10.0 Å². The van der Waals surface area contributed by atoms with Crippen molar-refractivity contribution < 1.29 is 13.5 Å². The molecule has 1 fully saturated rings. The molecule has 1 aliphatic heterocycles. The number of aromatic nitrogens is 2. The van der Waals surface area contributed by atoms with E-state index in [1.165, 1.54) is 36.3 Å². The van der Waals surface area contributed by atoms with Crippen molar-refractivity contribution in [1.82, 2.24) is 14.7 Å². The fourth-order valence-corrected chi connectivity index (χ4v) is 2.90. The minimum atomic E-state index is -3.22. The molecule has 2 rings (SSSR count). The summed E-state index contributed by atoms with van der Waals surface area (Å²) in [6.07, 6.45) is 7.06. The van der Waals surface area contributed by atoms with Crippen molar-refractivity contribution in [3.05, 3.63) is 12.4 Å². The number of β-amino-alcohol motifs (C(OH)–C–C–N with tert-alkyl or cyclic N) is 1. The highest BCUT2D eigenvalue weighted by molar-refractivity contribution is 7.90. The van der Waals surface area contributed by atoms with Crippen LogP contribution in [0.3, 0.4) is 0 Å². The summed E-state index contributed by atoms with van der Waals surface area (Å²) in [5.74, 6) is 0. The summed E-state index contributed by atoms with van der Waals surface area (Å²) >= 11 is 0. The number of hydrogen-bond acceptors (Lipinski definition) is 5. The second kappa shape index (κ2) is 6.02. The van der Waals surface area contributed by atoms with E-state index in [1.54, 1.807) is 0 Å². The number of aliphatic hydroxyl groups excluding tert-OH is 1. The molecule has 1 unspecified atom stereocenters. The maximum atomic E-state index is 11.3. The molecule has 0 aromatic carbocycles. The normalized spacial score (nSPS) is 19.5. The standard InChI is InChI=1S/C12H21N3O3S/c1-19(17,18)12-7-13-15(10-12)9-11(16)8-14-5-3-2-4-6-14/h7,10-11,16H,2-6,8-9H2,1H3. The Labute approximate surface area is 113 Å². The molecule has 1 aromatic rings. The molecule has 1 atom stereocenters. The van der Waals surface area contributed by atoms with E-state index in [0.29, 0.717) is 13.1 Å². The van der Waals surface area contributed by atoms with Crippen molar-refractivity contribution in [3.63, 3.8) is 0 Å². The van der Waals surface area contributed by atoms with E-state index in [4.69, 9.17) is 0 Å². The fourth-order valence-electron chi connectivity index (χ4n) is 2.35. The molecule has 1 aromatic heterocycles. The van der Waals surface area contributed by atoms with Crippen LogP contribution in [0.25, 0.3) is 0 Å². The molecule has 0 saturated carbocycles. The SMILES string of the molecule is CS(=O)(=O)c1cnn(CC(O)CN2CCCCC2)c1. The molecule has 0 bridgehead atoms. The predicted octanol–water partition coefficient (Wildman–Crippen LogP) is 0.133. The lowest BCUT2D eigenvalue weighted by molar-refractivity contribution is 0.0855. The van der Waals surface area contributed by atoms with E-state index in [0.717, 1.165) is 19.3 Å². The first-order valence-corrected chi connectivity index (χ1v) is 8.47. The fraction of sp³-hybridized carbons (Fsp3) is 0.750. The van der Waals surface area contributed by atoms with Gasteiger partial charge in [0.05, 0.1) is 18.8 Å². The van der Waals surface area contributed by atoms with Crippen LogP contribution in [0.5, 0.6) is 0 Å². The van der Waals surface area contributed by atoms with Gasteiger partial charge in [-0.2, -0.15) is 5.10 Å². The average Bonchev–Trinajstić information content (AvgIpc) is 2.78. The summed E-state index contributed by atoms with van der Waals surface area (Å²) in [4.78, 5) is 2.44. The van der Waals surface area contributed by atoms with Gasteiger partial charge in [-0.15, -0.1) is 0 Å². The molecule has 2 heterocycles. The molecule has 0 amide bonds. The molecule has 1 saturated heterocycles. The molecule has 1 N–H and O–H groups in total. The van der Waals surface area contributed by atoms with Gasteiger partial charge in [-0.05, 0) is 25.9 Å². The van der Waals surface area contributed by atoms with E-state index < -0.39 is 15.9 Å². The van der Waals surface area contributed by atoms with E-state index in [9.17, 15) is 13.5 Å². The Morgan fingerprint density at radius 2 is 2.00 bits per heavy atom. The zero-order chi connectivity index (χ0) is 13.9. The number of piperidine rings is 1. The van der Waals surface area contributed by atoms with Gasteiger partial charge >= 0.3 is 0 Å². The van der Waals surface area contributed by atoms with Gasteiger partial charge in [0.15, 0.2) is 9.84 Å². The quantitative estimate of drug-likeness (QED) is 0.833. The van der Waals surface area contributed by atoms with Crippen molar-refractivity contribution >= 4 is 9.84 Å². The zero-order valence-electron chi connectivity index (χ0n) is 11.2. The number of sulfone groups is 1. The second-order valence-electron chi connectivity index (χ2n) is 5.19. The van der Waals surface area contributed by atoms with Gasteiger partial charge in [-0.25, -0.2) is 8.42 Å². The van der Waals surface area contributed by atoms with E-state index in [1.807, 2.05) is 0 Å². The second-order valence-corrected chi connectivity index (χ2v) is 7.20. The van der Waals surface area contributed by atoms with Crippen LogP contribution in [0, 0.1) is 0 Å². The summed E-state index contributed by atoms with van der Waals surface area (Å²) in [6, 6.07) is 0. The molecule has 0 radical (unpaired) electrons. The largest absolute Gasteiger partial charge is 0.390 e. The van der Waals surface area contributed by atoms with Gasteiger partial charge in [0.25, 0.3) is 0 Å². The molecule has 0 spiro atoms. The van der Waals surface area contributed by atoms with Crippen LogP contribution >= 0.6 is 0 Å². The minimum Gasteiger partial charge on any atom is -0.390 e. The smallest absolute Gasteiger partial charge is 0.178 e. The Bertz CT molecular complexity index is 506. The molecule has 0 aliphatic carbocycles. The molecule has 1 aliphatic rings. The molecule has 19 heavy (non-hydrogen) atoms. The van der Waals surface area contributed by atoms with Crippen LogP contribution in [0.15, 0.2) is 17.3 Å². The topological polar surface area (TPSA) is 75.4 Å². The number of aliphatic hydroxyl groups is 1. The lowest BCUT2D eigenvalue weighted by Gasteiger charge is -2.28. The van der Waals surface area contributed by atoms with E-state index in [-0.39, 0.29) is 4.90 Å². The Kier molecular flexibility index (Phi) is 4.59. The van der Waals surface area contributed by atoms with Crippen LogP contribution in [0.1, 0.15) is 19.3 Å². The average molecular weight is 287 g/mol. The Morgan fingerprint density at radius 3 is 2.58 bits per heavy atom. The molecular weight excluding hydrogens is 266 g/mol. The third-order valence-corrected chi connectivity index (χ3v) is 4.42. The molecule has 108 valence electrons. The number of hydrogen-bond donors (Lipinski definition) is 1. The predicted molar refractivity (Wildman–Crippen MR) is 71.6 cm³/mol. The molecule has 7 heteroatoms. The van der Waals surface area contributed by atoms with E-state index in [2.05, 4.69) is 10.00 Å². The van der Waals surface area contributed by atoms with Crippen LogP contribution in [-0.4, -0.2) is 60.2 Å². The summed E-state index contributed by atoms with van der Waals surface area (Å²) in [6.45, 7) is 3.01. The van der Waals surface area contributed by atoms with Gasteiger partial charge in [0, 0.05) is 19.0 Å². The lowest BCUT2D eigenvalue weighted by Crippen LogP contribution is -2.38. The highest BCUT2D eigenvalue weighted by atomic mass is 32.2. The van der Waals surface area contributed by atoms with Crippen molar-refractivity contribution in [1.29, 1.82) is 0 Å². The maximum Gasteiger partial charge on any atom is 0.178 e. The monoisotopic (exact) mass is 287 g/mol. The van der Waals surface area contributed by atoms with E-state index >= 15 is 0 Å². The summed E-state index contributed by atoms with van der Waals surface area (Å²) < 4.78 is 24.1. The van der Waals surface area contributed by atoms with Crippen molar-refractivity contribution in [2.45, 2.75) is 36.8 Å². The summed E-state index contributed by atoms with van der Waals surface area (Å²) in [5.41, 5.74) is 0. The first-order chi connectivity index (χ1) is 8.95. The van der Waals surface area contributed by atoms with Crippen molar-refractivity contribution in [2.75, 3.05) is 25.9 Å². The number of likely N-dealkylation sites (tertiary alicyclic amines) is 1. The Balaban J connectivity index is 1.88. The van der Waals surface area contributed by atoms with Gasteiger partial charge in [0.2, 0.25) is 0 Å². The van der Waals surface area contributed by atoms with Gasteiger partial charge in [-0.1, -0.05) is 6.42 Å². The van der Waals surface area contributed by atoms with Crippen LogP contribution in [0.4, 0.5) is 0 Å². The first kappa shape index (κ1) is 14.5. The molecular formula is C12H21N3O3S. The zero-order valence-corrected chi connectivity index (χ0v) is 12.0. The first-order valence-electron chi connectivity index (χ1n) is 6.58. The van der Waals surface area contributed by atoms with Crippen molar-refractivity contribution in [3.8, 4) is 0 Å². The van der Waals surface area contributed by atoms with Crippen LogP contribution in [0.2, 0.25) is 0 Å². The minimum absolute atomic E-state index is 0.192. The van der Waals surface area contributed by atoms with Crippen LogP contribution < -0.4 is 0 Å².